The van der Waals surface area contributed by atoms with E-state index in [-0.39, 0.29) is 10.6 Å². The van der Waals surface area contributed by atoms with E-state index < -0.39 is 5.60 Å². The van der Waals surface area contributed by atoms with Crippen molar-refractivity contribution in [3.05, 3.63) is 39.5 Å². The monoisotopic (exact) mass is 401 g/mol. The lowest BCUT2D eigenvalue weighted by atomic mass is 9.93. The Morgan fingerprint density at radius 2 is 1.86 bits per heavy atom. The summed E-state index contributed by atoms with van der Waals surface area (Å²) < 4.78 is 5.40. The van der Waals surface area contributed by atoms with E-state index in [0.29, 0.717) is 25.0 Å². The standard InChI is InChI=1S/C20H23N3O4S/c24-20(14-1-2-14,15-3-4-15)19-21-12-18(28-19)13-9-16(11-17(10-13)23(25)26)22-5-7-27-8-6-22/h9-12,14-15,24H,1-8H2. The number of anilines is 1. The Morgan fingerprint density at radius 3 is 2.46 bits per heavy atom. The molecular weight excluding hydrogens is 378 g/mol. The molecule has 1 aromatic carbocycles. The van der Waals surface area contributed by atoms with Crippen molar-refractivity contribution in [2.24, 2.45) is 11.8 Å². The van der Waals surface area contributed by atoms with Gasteiger partial charge >= 0.3 is 0 Å². The molecule has 2 saturated carbocycles. The average molecular weight is 401 g/mol. The van der Waals surface area contributed by atoms with Crippen molar-refractivity contribution < 1.29 is 14.8 Å². The van der Waals surface area contributed by atoms with Crippen LogP contribution in [0.5, 0.6) is 0 Å². The van der Waals surface area contributed by atoms with Crippen LogP contribution in [0.15, 0.2) is 24.4 Å². The van der Waals surface area contributed by atoms with Gasteiger partial charge in [0, 0.05) is 42.7 Å². The first-order valence-electron chi connectivity index (χ1n) is 9.87. The number of hydrogen-bond acceptors (Lipinski definition) is 7. The van der Waals surface area contributed by atoms with Crippen LogP contribution < -0.4 is 4.90 Å². The third-order valence-electron chi connectivity index (χ3n) is 6.02. The number of aromatic nitrogens is 1. The van der Waals surface area contributed by atoms with E-state index >= 15 is 0 Å². The van der Waals surface area contributed by atoms with Crippen LogP contribution in [0.4, 0.5) is 11.4 Å². The maximum atomic E-state index is 11.5. The third kappa shape index (κ3) is 3.19. The molecule has 1 aliphatic heterocycles. The average Bonchev–Trinajstić information content (AvgIpc) is 3.65. The van der Waals surface area contributed by atoms with Crippen LogP contribution >= 0.6 is 11.3 Å². The summed E-state index contributed by atoms with van der Waals surface area (Å²) in [7, 11) is 0. The fraction of sp³-hybridized carbons (Fsp3) is 0.550. The molecule has 0 spiro atoms. The summed E-state index contributed by atoms with van der Waals surface area (Å²) in [4.78, 5) is 18.7. The van der Waals surface area contributed by atoms with Gasteiger partial charge in [-0.1, -0.05) is 0 Å². The number of ether oxygens (including phenoxy) is 1. The first kappa shape index (κ1) is 18.0. The van der Waals surface area contributed by atoms with Gasteiger partial charge in [-0.05, 0) is 43.6 Å². The minimum Gasteiger partial charge on any atom is -0.382 e. The van der Waals surface area contributed by atoms with Gasteiger partial charge in [0.15, 0.2) is 0 Å². The van der Waals surface area contributed by atoms with Gasteiger partial charge in [-0.15, -0.1) is 11.3 Å². The number of hydrogen-bond donors (Lipinski definition) is 1. The number of morpholine rings is 1. The lowest BCUT2D eigenvalue weighted by Crippen LogP contribution is -2.36. The zero-order valence-corrected chi connectivity index (χ0v) is 16.4. The molecular formula is C20H23N3O4S. The topological polar surface area (TPSA) is 88.7 Å². The highest BCUT2D eigenvalue weighted by molar-refractivity contribution is 7.15. The maximum Gasteiger partial charge on any atom is 0.272 e. The second-order valence-electron chi connectivity index (χ2n) is 8.00. The fourth-order valence-electron chi connectivity index (χ4n) is 4.17. The molecule has 2 heterocycles. The quantitative estimate of drug-likeness (QED) is 0.588. The number of thiazole rings is 1. The van der Waals surface area contributed by atoms with Crippen molar-refractivity contribution in [1.82, 2.24) is 4.98 Å². The summed E-state index contributed by atoms with van der Waals surface area (Å²) in [6, 6.07) is 5.22. The van der Waals surface area contributed by atoms with E-state index in [0.717, 1.165) is 59.9 Å². The SMILES string of the molecule is O=[N+]([O-])c1cc(-c2cnc(C(O)(C3CC3)C3CC3)s2)cc(N2CCOCC2)c1. The summed E-state index contributed by atoms with van der Waals surface area (Å²) in [5.74, 6) is 0.626. The Morgan fingerprint density at radius 1 is 1.18 bits per heavy atom. The number of aliphatic hydroxyl groups is 1. The maximum absolute atomic E-state index is 11.5. The Kier molecular flexibility index (Phi) is 4.37. The van der Waals surface area contributed by atoms with Crippen molar-refractivity contribution in [3.8, 4) is 10.4 Å². The minimum atomic E-state index is -0.809. The third-order valence-corrected chi connectivity index (χ3v) is 7.21. The van der Waals surface area contributed by atoms with Crippen LogP contribution in [-0.4, -0.2) is 41.3 Å². The molecule has 0 atom stereocenters. The van der Waals surface area contributed by atoms with Crippen LogP contribution in [0, 0.1) is 22.0 Å². The van der Waals surface area contributed by atoms with Gasteiger partial charge in [0.2, 0.25) is 0 Å². The Labute approximate surface area is 167 Å². The lowest BCUT2D eigenvalue weighted by molar-refractivity contribution is -0.384. The van der Waals surface area contributed by atoms with Gasteiger partial charge in [-0.25, -0.2) is 4.98 Å². The zero-order chi connectivity index (χ0) is 19.3. The Bertz CT molecular complexity index is 889. The van der Waals surface area contributed by atoms with Crippen molar-refractivity contribution in [1.29, 1.82) is 0 Å². The fourth-order valence-corrected chi connectivity index (χ4v) is 5.32. The molecule has 0 bridgehead atoms. The Balaban J connectivity index is 1.51. The van der Waals surface area contributed by atoms with Gasteiger partial charge < -0.3 is 14.7 Å². The van der Waals surface area contributed by atoms with Crippen LogP contribution in [0.2, 0.25) is 0 Å². The highest BCUT2D eigenvalue weighted by Gasteiger charge is 2.56. The molecule has 0 unspecified atom stereocenters. The second-order valence-corrected chi connectivity index (χ2v) is 9.03. The van der Waals surface area contributed by atoms with E-state index in [1.165, 1.54) is 11.3 Å². The molecule has 1 saturated heterocycles. The summed E-state index contributed by atoms with van der Waals surface area (Å²) in [6.07, 6.45) is 5.98. The van der Waals surface area contributed by atoms with Crippen LogP contribution in [0.25, 0.3) is 10.4 Å². The van der Waals surface area contributed by atoms with Gasteiger partial charge in [-0.3, -0.25) is 10.1 Å². The number of nitrogens with zero attached hydrogens (tertiary/aromatic N) is 3. The summed E-state index contributed by atoms with van der Waals surface area (Å²) >= 11 is 1.48. The number of rotatable bonds is 6. The first-order valence-corrected chi connectivity index (χ1v) is 10.7. The van der Waals surface area contributed by atoms with E-state index in [1.54, 1.807) is 18.3 Å². The molecule has 8 heteroatoms. The normalized spacial score (nSPS) is 20.4. The van der Waals surface area contributed by atoms with E-state index in [4.69, 9.17) is 4.74 Å². The minimum absolute atomic E-state index is 0.0774. The molecule has 0 amide bonds. The summed E-state index contributed by atoms with van der Waals surface area (Å²) in [5, 5.41) is 23.6. The molecule has 7 nitrogen and oxygen atoms in total. The molecule has 3 aliphatic rings. The highest BCUT2D eigenvalue weighted by atomic mass is 32.1. The van der Waals surface area contributed by atoms with Crippen LogP contribution in [-0.2, 0) is 10.3 Å². The molecule has 5 rings (SSSR count). The smallest absolute Gasteiger partial charge is 0.272 e. The van der Waals surface area contributed by atoms with E-state index in [1.807, 2.05) is 6.07 Å². The zero-order valence-electron chi connectivity index (χ0n) is 15.5. The summed E-state index contributed by atoms with van der Waals surface area (Å²) in [6.45, 7) is 2.69. The number of nitro groups is 1. The van der Waals surface area contributed by atoms with Gasteiger partial charge in [0.05, 0.1) is 23.0 Å². The van der Waals surface area contributed by atoms with Crippen molar-refractivity contribution in [3.63, 3.8) is 0 Å². The van der Waals surface area contributed by atoms with Gasteiger partial charge in [-0.2, -0.15) is 0 Å². The second kappa shape index (κ2) is 6.79. The number of benzene rings is 1. The van der Waals surface area contributed by atoms with Crippen molar-refractivity contribution >= 4 is 22.7 Å². The highest BCUT2D eigenvalue weighted by Crippen LogP contribution is 2.58. The lowest BCUT2D eigenvalue weighted by Gasteiger charge is -2.29. The van der Waals surface area contributed by atoms with Crippen molar-refractivity contribution in [2.75, 3.05) is 31.2 Å². The van der Waals surface area contributed by atoms with Gasteiger partial charge in [0.1, 0.15) is 10.6 Å². The van der Waals surface area contributed by atoms with Crippen LogP contribution in [0.3, 0.4) is 0 Å². The molecule has 1 aromatic heterocycles. The van der Waals surface area contributed by atoms with Gasteiger partial charge in [0.25, 0.3) is 5.69 Å². The predicted octanol–water partition coefficient (Wildman–Crippen LogP) is 3.56. The first-order chi connectivity index (χ1) is 13.6. The predicted molar refractivity (Wildman–Crippen MR) is 107 cm³/mol. The molecule has 28 heavy (non-hydrogen) atoms. The molecule has 3 fully saturated rings. The molecule has 1 N–H and O–H groups in total. The number of nitro benzene ring substituents is 1. The van der Waals surface area contributed by atoms with E-state index in [9.17, 15) is 15.2 Å². The van der Waals surface area contributed by atoms with E-state index in [2.05, 4.69) is 9.88 Å². The van der Waals surface area contributed by atoms with Crippen LogP contribution in [0.1, 0.15) is 30.7 Å². The molecule has 2 aliphatic carbocycles. The molecule has 0 radical (unpaired) electrons. The Hall–Kier alpha value is -2.03. The summed E-state index contributed by atoms with van der Waals surface area (Å²) in [5.41, 5.74) is 0.889. The molecule has 2 aromatic rings. The van der Waals surface area contributed by atoms with Crippen molar-refractivity contribution in [2.45, 2.75) is 31.3 Å². The molecule has 148 valence electrons. The largest absolute Gasteiger partial charge is 0.382 e. The number of non-ortho nitro benzene ring substituents is 1.